The normalized spacial score (nSPS) is 9.46. The van der Waals surface area contributed by atoms with E-state index in [1.807, 2.05) is 20.8 Å². The van der Waals surface area contributed by atoms with Gasteiger partial charge in [0.1, 0.15) is 0 Å². The second-order valence-electron chi connectivity index (χ2n) is 3.19. The van der Waals surface area contributed by atoms with Crippen molar-refractivity contribution in [1.29, 1.82) is 0 Å². The molecular weight excluding hydrogens is 168 g/mol. The van der Waals surface area contributed by atoms with Crippen molar-refractivity contribution >= 4 is 11.8 Å². The lowest BCUT2D eigenvalue weighted by atomic mass is 10.0. The van der Waals surface area contributed by atoms with Gasteiger partial charge in [0, 0.05) is 6.42 Å². The number of carboxylic acids is 1. The predicted octanol–water partition coefficient (Wildman–Crippen LogP) is 2.17. The summed E-state index contributed by atoms with van der Waals surface area (Å²) in [5.74, 6) is -2.03. The summed E-state index contributed by atoms with van der Waals surface area (Å²) >= 11 is 0. The van der Waals surface area contributed by atoms with Crippen molar-refractivity contribution in [2.75, 3.05) is 0 Å². The van der Waals surface area contributed by atoms with Crippen LogP contribution < -0.4 is 0 Å². The Morgan fingerprint density at radius 3 is 2.00 bits per heavy atom. The minimum atomic E-state index is -1.33. The largest absolute Gasteiger partial charge is 0.476 e. The zero-order valence-corrected chi connectivity index (χ0v) is 8.39. The smallest absolute Gasteiger partial charge is 0.372 e. The lowest BCUT2D eigenvalue weighted by Gasteiger charge is -2.04. The molecule has 0 aliphatic heterocycles. The average molecular weight is 184 g/mol. The lowest BCUT2D eigenvalue weighted by Crippen LogP contribution is -2.12. The lowest BCUT2D eigenvalue weighted by molar-refractivity contribution is -0.149. The maximum atomic E-state index is 10.8. The van der Waals surface area contributed by atoms with E-state index in [9.17, 15) is 9.59 Å². The highest BCUT2D eigenvalue weighted by molar-refractivity contribution is 6.32. The molecule has 0 spiro atoms. The molecule has 0 aromatic heterocycles. The van der Waals surface area contributed by atoms with Crippen LogP contribution in [0.2, 0.25) is 0 Å². The molecule has 0 saturated heterocycles. The molecule has 0 radical (unpaired) electrons. The Morgan fingerprint density at radius 2 is 1.69 bits per heavy atom. The summed E-state index contributed by atoms with van der Waals surface area (Å²) in [5.41, 5.74) is 2.36. The van der Waals surface area contributed by atoms with E-state index in [1.165, 1.54) is 11.1 Å². The first-order chi connectivity index (χ1) is 5.99. The second kappa shape index (κ2) is 5.51. The molecule has 0 heterocycles. The Morgan fingerprint density at radius 1 is 1.15 bits per heavy atom. The monoisotopic (exact) mass is 184 g/mol. The van der Waals surface area contributed by atoms with Gasteiger partial charge in [-0.15, -0.1) is 0 Å². The molecule has 3 heteroatoms. The van der Waals surface area contributed by atoms with E-state index in [0.29, 0.717) is 6.42 Å². The van der Waals surface area contributed by atoms with Crippen LogP contribution in [-0.2, 0) is 9.59 Å². The maximum absolute atomic E-state index is 10.8. The summed E-state index contributed by atoms with van der Waals surface area (Å²) in [4.78, 5) is 21.0. The van der Waals surface area contributed by atoms with E-state index in [-0.39, 0.29) is 6.42 Å². The third-order valence-electron chi connectivity index (χ3n) is 2.03. The molecule has 0 unspecified atom stereocenters. The number of carboxylic acid groups (broad SMARTS) is 1. The third-order valence-corrected chi connectivity index (χ3v) is 2.03. The third kappa shape index (κ3) is 4.45. The van der Waals surface area contributed by atoms with Gasteiger partial charge in [-0.1, -0.05) is 18.1 Å². The summed E-state index contributed by atoms with van der Waals surface area (Å²) in [7, 11) is 0. The van der Waals surface area contributed by atoms with Crippen molar-refractivity contribution in [2.24, 2.45) is 0 Å². The Hall–Kier alpha value is -1.12. The van der Waals surface area contributed by atoms with Crippen molar-refractivity contribution in [3.63, 3.8) is 0 Å². The van der Waals surface area contributed by atoms with Crippen LogP contribution in [0.25, 0.3) is 0 Å². The van der Waals surface area contributed by atoms with E-state index in [0.717, 1.165) is 6.42 Å². The number of rotatable bonds is 5. The van der Waals surface area contributed by atoms with Crippen LogP contribution in [0.5, 0.6) is 0 Å². The zero-order valence-electron chi connectivity index (χ0n) is 8.39. The van der Waals surface area contributed by atoms with Gasteiger partial charge in [0.15, 0.2) is 0 Å². The summed E-state index contributed by atoms with van der Waals surface area (Å²) in [5, 5.41) is 8.34. The van der Waals surface area contributed by atoms with Gasteiger partial charge in [-0.05, 0) is 26.7 Å². The summed E-state index contributed by atoms with van der Waals surface area (Å²) in [6.45, 7) is 5.96. The highest BCUT2D eigenvalue weighted by Crippen LogP contribution is 2.14. The molecular formula is C10H16O3. The number of allylic oxidation sites excluding steroid dienone is 2. The summed E-state index contributed by atoms with van der Waals surface area (Å²) in [6, 6.07) is 0. The van der Waals surface area contributed by atoms with Crippen molar-refractivity contribution in [1.82, 2.24) is 0 Å². The molecule has 0 bridgehead atoms. The summed E-state index contributed by atoms with van der Waals surface area (Å²) in [6.07, 6.45) is 1.57. The van der Waals surface area contributed by atoms with E-state index < -0.39 is 11.8 Å². The molecule has 0 fully saturated rings. The van der Waals surface area contributed by atoms with Crippen LogP contribution >= 0.6 is 0 Å². The molecule has 0 aliphatic carbocycles. The Kier molecular flexibility index (Phi) is 5.04. The molecule has 13 heavy (non-hydrogen) atoms. The average Bonchev–Trinajstić information content (AvgIpc) is 2.04. The van der Waals surface area contributed by atoms with E-state index in [4.69, 9.17) is 5.11 Å². The number of hydrogen-bond donors (Lipinski definition) is 1. The fourth-order valence-electron chi connectivity index (χ4n) is 1.15. The van der Waals surface area contributed by atoms with Gasteiger partial charge in [-0.2, -0.15) is 0 Å². The van der Waals surface area contributed by atoms with Gasteiger partial charge < -0.3 is 5.11 Å². The Bertz CT molecular complexity index is 235. The first-order valence-corrected chi connectivity index (χ1v) is 4.40. The van der Waals surface area contributed by atoms with Crippen LogP contribution in [0.15, 0.2) is 11.1 Å². The predicted molar refractivity (Wildman–Crippen MR) is 50.5 cm³/mol. The molecule has 0 aromatic carbocycles. The number of carbonyl (C=O) groups excluding carboxylic acids is 1. The summed E-state index contributed by atoms with van der Waals surface area (Å²) < 4.78 is 0. The minimum Gasteiger partial charge on any atom is -0.476 e. The van der Waals surface area contributed by atoms with E-state index in [1.54, 1.807) is 0 Å². The first-order valence-electron chi connectivity index (χ1n) is 4.40. The molecule has 0 rings (SSSR count). The Labute approximate surface area is 78.5 Å². The molecule has 0 atom stereocenters. The highest BCUT2D eigenvalue weighted by Gasteiger charge is 2.11. The quantitative estimate of drug-likeness (QED) is 0.526. The highest BCUT2D eigenvalue weighted by atomic mass is 16.4. The Balaban J connectivity index is 4.09. The fourth-order valence-corrected chi connectivity index (χ4v) is 1.15. The van der Waals surface area contributed by atoms with Gasteiger partial charge in [0.25, 0.3) is 0 Å². The number of Topliss-reactive ketones (excluding diaryl/α,β-unsaturated/α-hetero) is 1. The van der Waals surface area contributed by atoms with E-state index >= 15 is 0 Å². The van der Waals surface area contributed by atoms with Crippen LogP contribution in [0.3, 0.4) is 0 Å². The second-order valence-corrected chi connectivity index (χ2v) is 3.19. The van der Waals surface area contributed by atoms with Gasteiger partial charge >= 0.3 is 5.97 Å². The molecule has 74 valence electrons. The van der Waals surface area contributed by atoms with Crippen molar-refractivity contribution in [3.8, 4) is 0 Å². The SMILES string of the molecule is CCC(CCC(=O)C(=O)O)=C(C)C. The van der Waals surface area contributed by atoms with Gasteiger partial charge in [-0.25, -0.2) is 4.79 Å². The molecule has 0 saturated carbocycles. The minimum absolute atomic E-state index is 0.115. The van der Waals surface area contributed by atoms with Crippen LogP contribution in [0.1, 0.15) is 40.0 Å². The number of hydrogen-bond acceptors (Lipinski definition) is 2. The molecule has 1 N–H and O–H groups in total. The fraction of sp³-hybridized carbons (Fsp3) is 0.600. The van der Waals surface area contributed by atoms with Crippen LogP contribution in [-0.4, -0.2) is 16.9 Å². The standard InChI is InChI=1S/C10H16O3/c1-4-8(7(2)3)5-6-9(11)10(12)13/h4-6H2,1-3H3,(H,12,13). The van der Waals surface area contributed by atoms with Gasteiger partial charge in [0.05, 0.1) is 0 Å². The van der Waals surface area contributed by atoms with Crippen LogP contribution in [0.4, 0.5) is 0 Å². The van der Waals surface area contributed by atoms with Crippen molar-refractivity contribution in [3.05, 3.63) is 11.1 Å². The number of carbonyl (C=O) groups is 2. The van der Waals surface area contributed by atoms with E-state index in [2.05, 4.69) is 0 Å². The number of aliphatic carboxylic acids is 1. The first kappa shape index (κ1) is 11.9. The topological polar surface area (TPSA) is 54.4 Å². The maximum Gasteiger partial charge on any atom is 0.372 e. The molecule has 0 aliphatic rings. The zero-order chi connectivity index (χ0) is 10.4. The van der Waals surface area contributed by atoms with Gasteiger partial charge in [0.2, 0.25) is 5.78 Å². The molecule has 0 amide bonds. The molecule has 3 nitrogen and oxygen atoms in total. The van der Waals surface area contributed by atoms with Crippen molar-refractivity contribution < 1.29 is 14.7 Å². The molecule has 0 aromatic rings. The van der Waals surface area contributed by atoms with Gasteiger partial charge in [-0.3, -0.25) is 4.79 Å². The van der Waals surface area contributed by atoms with Crippen molar-refractivity contribution in [2.45, 2.75) is 40.0 Å². The van der Waals surface area contributed by atoms with Crippen LogP contribution in [0, 0.1) is 0 Å². The number of ketones is 1.